The number of hydrogen-bond acceptors (Lipinski definition) is 8. The Kier molecular flexibility index (Phi) is 5.68. The molecule has 2 aliphatic rings. The van der Waals surface area contributed by atoms with Crippen LogP contribution in [0.4, 0.5) is 5.69 Å². The number of carbonyl (C=O) groups excluding carboxylic acids is 3. The van der Waals surface area contributed by atoms with Crippen molar-refractivity contribution in [2.75, 3.05) is 24.7 Å². The van der Waals surface area contributed by atoms with Gasteiger partial charge in [0.15, 0.2) is 0 Å². The van der Waals surface area contributed by atoms with Gasteiger partial charge < -0.3 is 24.5 Å². The van der Waals surface area contributed by atoms with Gasteiger partial charge in [0.1, 0.15) is 23.3 Å². The Bertz CT molecular complexity index is 1310. The number of anilines is 1. The van der Waals surface area contributed by atoms with Gasteiger partial charge in [-0.25, -0.2) is 4.79 Å². The van der Waals surface area contributed by atoms with Crippen LogP contribution in [0, 0.1) is 6.92 Å². The summed E-state index contributed by atoms with van der Waals surface area (Å²) in [6.07, 6.45) is 0. The first kappa shape index (κ1) is 23.1. The highest BCUT2D eigenvalue weighted by Crippen LogP contribution is 2.54. The lowest BCUT2D eigenvalue weighted by Crippen LogP contribution is -2.52. The molecule has 0 radical (unpaired) electrons. The third-order valence-corrected chi connectivity index (χ3v) is 6.09. The van der Waals surface area contributed by atoms with E-state index in [-0.39, 0.29) is 36.0 Å². The zero-order chi connectivity index (χ0) is 24.8. The monoisotopic (exact) mass is 467 g/mol. The average molecular weight is 467 g/mol. The summed E-state index contributed by atoms with van der Waals surface area (Å²) in [7, 11) is 1.55. The number of amides is 1. The van der Waals surface area contributed by atoms with Gasteiger partial charge in [-0.15, -0.1) is 0 Å². The van der Waals surface area contributed by atoms with Crippen LogP contribution >= 0.6 is 0 Å². The van der Waals surface area contributed by atoms with Gasteiger partial charge in [-0.2, -0.15) is 0 Å². The molecule has 2 aliphatic heterocycles. The summed E-state index contributed by atoms with van der Waals surface area (Å²) in [5.41, 5.74) is 4.59. The van der Waals surface area contributed by atoms with Crippen molar-refractivity contribution in [3.63, 3.8) is 0 Å². The van der Waals surface area contributed by atoms with Crippen LogP contribution < -0.4 is 20.9 Å². The minimum Gasteiger partial charge on any atom is -0.465 e. The molecule has 0 bridgehead atoms. The fourth-order valence-corrected chi connectivity index (χ4v) is 4.58. The normalized spacial score (nSPS) is 18.5. The third kappa shape index (κ3) is 3.09. The number of esters is 2. The number of ether oxygens (including phenoxy) is 3. The van der Waals surface area contributed by atoms with E-state index in [0.717, 1.165) is 0 Å². The summed E-state index contributed by atoms with van der Waals surface area (Å²) < 4.78 is 17.4. The van der Waals surface area contributed by atoms with Crippen molar-refractivity contribution in [3.8, 4) is 5.75 Å². The van der Waals surface area contributed by atoms with Crippen molar-refractivity contribution in [1.29, 1.82) is 0 Å². The molecule has 2 N–H and O–H groups in total. The van der Waals surface area contributed by atoms with E-state index in [0.29, 0.717) is 16.9 Å². The largest absolute Gasteiger partial charge is 0.465 e. The topological polar surface area (TPSA) is 130 Å². The summed E-state index contributed by atoms with van der Waals surface area (Å²) >= 11 is 0. The van der Waals surface area contributed by atoms with Crippen LogP contribution in [0.25, 0.3) is 0 Å². The maximum Gasteiger partial charge on any atom is 0.341 e. The van der Waals surface area contributed by atoms with E-state index < -0.39 is 35.4 Å². The van der Waals surface area contributed by atoms with Crippen LogP contribution in [-0.2, 0) is 36.3 Å². The van der Waals surface area contributed by atoms with Crippen molar-refractivity contribution >= 4 is 23.5 Å². The second-order valence-electron chi connectivity index (χ2n) is 7.91. The number of pyridine rings is 1. The standard InChI is InChI=1S/C24H25N3O7/c1-5-32-17(28)12-27-15-10-8-7-9-14(15)24(23(27)31)18-16(11-13(3)26(4)21(18)29)34-20(25)19(24)22(30)33-6-2/h7-11H,5-6,12,25H2,1-4H3. The van der Waals surface area contributed by atoms with Gasteiger partial charge in [-0.05, 0) is 26.8 Å². The lowest BCUT2D eigenvalue weighted by molar-refractivity contribution is -0.142. The molecule has 0 aliphatic carbocycles. The second kappa shape index (κ2) is 8.36. The molecule has 3 heterocycles. The van der Waals surface area contributed by atoms with Gasteiger partial charge in [0.25, 0.3) is 5.56 Å². The van der Waals surface area contributed by atoms with Gasteiger partial charge in [-0.3, -0.25) is 19.3 Å². The Balaban J connectivity index is 2.11. The molecule has 10 heteroatoms. The van der Waals surface area contributed by atoms with E-state index in [2.05, 4.69) is 0 Å². The minimum absolute atomic E-state index is 0.00678. The number of nitrogens with zero attached hydrogens (tertiary/aromatic N) is 2. The Labute approximate surface area is 195 Å². The molecule has 1 amide bonds. The number of rotatable bonds is 5. The first-order valence-electron chi connectivity index (χ1n) is 10.8. The quantitative estimate of drug-likeness (QED) is 0.645. The van der Waals surface area contributed by atoms with Crippen molar-refractivity contribution in [1.82, 2.24) is 4.57 Å². The number of hydrogen-bond donors (Lipinski definition) is 1. The van der Waals surface area contributed by atoms with Crippen LogP contribution in [-0.4, -0.2) is 42.2 Å². The summed E-state index contributed by atoms with van der Waals surface area (Å²) in [6, 6.07) is 8.20. The molecule has 2 aromatic rings. The number of aromatic nitrogens is 1. The summed E-state index contributed by atoms with van der Waals surface area (Å²) in [5, 5.41) is 0. The molecule has 178 valence electrons. The number of para-hydroxylation sites is 1. The van der Waals surface area contributed by atoms with Crippen molar-refractivity contribution in [2.45, 2.75) is 26.2 Å². The lowest BCUT2D eigenvalue weighted by Gasteiger charge is -2.35. The highest BCUT2D eigenvalue weighted by Gasteiger charge is 2.62. The lowest BCUT2D eigenvalue weighted by atomic mass is 9.68. The van der Waals surface area contributed by atoms with Gasteiger partial charge in [0.05, 0.1) is 18.8 Å². The molecule has 0 saturated carbocycles. The highest BCUT2D eigenvalue weighted by atomic mass is 16.5. The summed E-state index contributed by atoms with van der Waals surface area (Å²) in [4.78, 5) is 54.7. The SMILES string of the molecule is CCOC(=O)CN1C(=O)C2(C(C(=O)OCC)=C(N)Oc3cc(C)n(C)c(=O)c32)c2ccccc21. The molecule has 1 aromatic carbocycles. The molecule has 4 rings (SSSR count). The number of carbonyl (C=O) groups is 3. The van der Waals surface area contributed by atoms with Crippen molar-refractivity contribution < 1.29 is 28.6 Å². The molecular weight excluding hydrogens is 442 g/mol. The van der Waals surface area contributed by atoms with Crippen LogP contribution in [0.3, 0.4) is 0 Å². The Morgan fingerprint density at radius 1 is 1.12 bits per heavy atom. The molecule has 1 unspecified atom stereocenters. The average Bonchev–Trinajstić information content (AvgIpc) is 3.01. The molecule has 0 fully saturated rings. The van der Waals surface area contributed by atoms with E-state index in [4.69, 9.17) is 19.9 Å². The maximum absolute atomic E-state index is 14.3. The number of benzene rings is 1. The van der Waals surface area contributed by atoms with Crippen LogP contribution in [0.1, 0.15) is 30.7 Å². The number of nitrogens with two attached hydrogens (primary N) is 1. The van der Waals surface area contributed by atoms with Gasteiger partial charge in [-0.1, -0.05) is 18.2 Å². The smallest absolute Gasteiger partial charge is 0.341 e. The van der Waals surface area contributed by atoms with Crippen molar-refractivity contribution in [2.24, 2.45) is 12.8 Å². The number of fused-ring (bicyclic) bond motifs is 4. The minimum atomic E-state index is -1.96. The van der Waals surface area contributed by atoms with Gasteiger partial charge >= 0.3 is 11.9 Å². The molecular formula is C24H25N3O7. The second-order valence-corrected chi connectivity index (χ2v) is 7.91. The summed E-state index contributed by atoms with van der Waals surface area (Å²) in [6.45, 7) is 4.69. The molecule has 0 saturated heterocycles. The first-order chi connectivity index (χ1) is 16.2. The molecule has 10 nitrogen and oxygen atoms in total. The van der Waals surface area contributed by atoms with Gasteiger partial charge in [0, 0.05) is 30.1 Å². The molecule has 34 heavy (non-hydrogen) atoms. The van der Waals surface area contributed by atoms with E-state index in [1.807, 2.05) is 0 Å². The van der Waals surface area contributed by atoms with E-state index in [9.17, 15) is 19.2 Å². The van der Waals surface area contributed by atoms with Crippen LogP contribution in [0.15, 0.2) is 46.6 Å². The Morgan fingerprint density at radius 2 is 1.79 bits per heavy atom. The first-order valence-corrected chi connectivity index (χ1v) is 10.8. The summed E-state index contributed by atoms with van der Waals surface area (Å²) in [5.74, 6) is -2.51. The zero-order valence-corrected chi connectivity index (χ0v) is 19.3. The van der Waals surface area contributed by atoms with Gasteiger partial charge in [0.2, 0.25) is 11.8 Å². The fourth-order valence-electron chi connectivity index (χ4n) is 4.58. The Hall–Kier alpha value is -4.08. The Morgan fingerprint density at radius 3 is 2.47 bits per heavy atom. The zero-order valence-electron chi connectivity index (χ0n) is 19.3. The predicted molar refractivity (Wildman–Crippen MR) is 121 cm³/mol. The predicted octanol–water partition coefficient (Wildman–Crippen LogP) is 1.02. The molecule has 1 atom stereocenters. The van der Waals surface area contributed by atoms with Crippen molar-refractivity contribution in [3.05, 3.63) is 69.0 Å². The maximum atomic E-state index is 14.3. The number of aryl methyl sites for hydroxylation is 1. The van der Waals surface area contributed by atoms with E-state index in [1.165, 1.54) is 9.47 Å². The van der Waals surface area contributed by atoms with Crippen LogP contribution in [0.2, 0.25) is 0 Å². The highest BCUT2D eigenvalue weighted by molar-refractivity contribution is 6.19. The molecule has 1 spiro atoms. The van der Waals surface area contributed by atoms with Crippen LogP contribution in [0.5, 0.6) is 5.75 Å². The van der Waals surface area contributed by atoms with E-state index >= 15 is 0 Å². The van der Waals surface area contributed by atoms with E-state index in [1.54, 1.807) is 58.2 Å². The molecule has 1 aromatic heterocycles. The third-order valence-electron chi connectivity index (χ3n) is 6.09. The fraction of sp³-hybridized carbons (Fsp3) is 0.333.